The summed E-state index contributed by atoms with van der Waals surface area (Å²) in [5.74, 6) is 0. The Morgan fingerprint density at radius 3 is 2.33 bits per heavy atom. The molecule has 104 valence electrons. The van der Waals surface area contributed by atoms with Crippen LogP contribution in [-0.4, -0.2) is 30.0 Å². The van der Waals surface area contributed by atoms with Crippen LogP contribution in [0.2, 0.25) is 0 Å². The topological polar surface area (TPSA) is 45.0 Å². The molecular formula is C12H19F3N2O. The first-order valence-electron chi connectivity index (χ1n) is 6.07. The summed E-state index contributed by atoms with van der Waals surface area (Å²) in [6.07, 6.45) is -4.52. The Morgan fingerprint density at radius 1 is 1.39 bits per heavy atom. The van der Waals surface area contributed by atoms with Crippen molar-refractivity contribution in [3.05, 3.63) is 0 Å². The van der Waals surface area contributed by atoms with Gasteiger partial charge < -0.3 is 4.74 Å². The Morgan fingerprint density at radius 2 is 1.94 bits per heavy atom. The van der Waals surface area contributed by atoms with E-state index in [0.717, 1.165) is 19.8 Å². The molecule has 18 heavy (non-hydrogen) atoms. The van der Waals surface area contributed by atoms with E-state index in [0.29, 0.717) is 6.04 Å². The second-order valence-corrected chi connectivity index (χ2v) is 5.20. The second kappa shape index (κ2) is 5.45. The van der Waals surface area contributed by atoms with E-state index in [2.05, 4.69) is 11.4 Å². The molecule has 1 aliphatic carbocycles. The normalized spacial score (nSPS) is 22.9. The Hall–Kier alpha value is -0.800. The number of nitrogens with zero attached hydrogens (tertiary/aromatic N) is 1. The van der Waals surface area contributed by atoms with Crippen LogP contribution in [0.4, 0.5) is 13.2 Å². The molecule has 0 saturated heterocycles. The maximum atomic E-state index is 12.3. The van der Waals surface area contributed by atoms with Gasteiger partial charge in [-0.2, -0.15) is 18.4 Å². The van der Waals surface area contributed by atoms with Gasteiger partial charge in [-0.05, 0) is 33.6 Å². The molecule has 1 N–H and O–H groups in total. The van der Waals surface area contributed by atoms with Gasteiger partial charge in [0.25, 0.3) is 0 Å². The number of nitrogens with one attached hydrogen (secondary N) is 1. The number of alkyl halides is 3. The van der Waals surface area contributed by atoms with Crippen molar-refractivity contribution < 1.29 is 17.9 Å². The Labute approximate surface area is 105 Å². The van der Waals surface area contributed by atoms with E-state index in [4.69, 9.17) is 10.00 Å². The zero-order valence-electron chi connectivity index (χ0n) is 10.8. The van der Waals surface area contributed by atoms with Crippen LogP contribution in [-0.2, 0) is 4.74 Å². The highest BCUT2D eigenvalue weighted by Gasteiger charge is 2.40. The van der Waals surface area contributed by atoms with Crippen LogP contribution in [0.15, 0.2) is 0 Å². The first kappa shape index (κ1) is 15.3. The van der Waals surface area contributed by atoms with Crippen molar-refractivity contribution in [2.45, 2.75) is 70.0 Å². The fraction of sp³-hybridized carbons (Fsp3) is 0.917. The summed E-state index contributed by atoms with van der Waals surface area (Å²) < 4.78 is 41.9. The SMILES string of the molecule is CC(CC(C)(C#N)NC1CC1)OC(C)C(F)(F)F. The summed E-state index contributed by atoms with van der Waals surface area (Å²) in [7, 11) is 0. The third-order valence-electron chi connectivity index (χ3n) is 2.94. The van der Waals surface area contributed by atoms with Gasteiger partial charge in [0.05, 0.1) is 12.2 Å². The number of hydrogen-bond acceptors (Lipinski definition) is 3. The smallest absolute Gasteiger partial charge is 0.366 e. The van der Waals surface area contributed by atoms with E-state index in [1.54, 1.807) is 13.8 Å². The molecule has 0 aliphatic heterocycles. The van der Waals surface area contributed by atoms with Gasteiger partial charge in [0.15, 0.2) is 6.10 Å². The highest BCUT2D eigenvalue weighted by Crippen LogP contribution is 2.27. The van der Waals surface area contributed by atoms with Crippen LogP contribution in [0.25, 0.3) is 0 Å². The third kappa shape index (κ3) is 4.83. The number of rotatable bonds is 6. The summed E-state index contributed by atoms with van der Waals surface area (Å²) in [4.78, 5) is 0. The molecule has 0 aromatic heterocycles. The molecule has 0 aromatic rings. The van der Waals surface area contributed by atoms with Crippen molar-refractivity contribution in [3.8, 4) is 6.07 Å². The minimum absolute atomic E-state index is 0.237. The Balaban J connectivity index is 2.46. The summed E-state index contributed by atoms with van der Waals surface area (Å²) >= 11 is 0. The van der Waals surface area contributed by atoms with Crippen molar-refractivity contribution in [2.24, 2.45) is 0 Å². The zero-order chi connectivity index (χ0) is 14.0. The van der Waals surface area contributed by atoms with Gasteiger partial charge in [-0.15, -0.1) is 0 Å². The average molecular weight is 264 g/mol. The van der Waals surface area contributed by atoms with Crippen LogP contribution < -0.4 is 5.32 Å². The van der Waals surface area contributed by atoms with E-state index in [1.807, 2.05) is 0 Å². The van der Waals surface area contributed by atoms with Crippen molar-refractivity contribution in [3.63, 3.8) is 0 Å². The third-order valence-corrected chi connectivity index (χ3v) is 2.94. The lowest BCUT2D eigenvalue weighted by atomic mass is 9.96. The molecule has 1 saturated carbocycles. The molecule has 0 bridgehead atoms. The highest BCUT2D eigenvalue weighted by molar-refractivity contribution is 5.07. The standard InChI is InChI=1S/C12H19F3N2O/c1-8(18-9(2)12(13,14)15)6-11(3,7-16)17-10-4-5-10/h8-10,17H,4-6H2,1-3H3. The number of halogens is 3. The van der Waals surface area contributed by atoms with Crippen LogP contribution in [0, 0.1) is 11.3 Å². The molecule has 3 nitrogen and oxygen atoms in total. The maximum Gasteiger partial charge on any atom is 0.414 e. The average Bonchev–Trinajstić information content (AvgIpc) is 2.99. The molecule has 0 aromatic carbocycles. The van der Waals surface area contributed by atoms with E-state index in [9.17, 15) is 13.2 Å². The molecule has 3 atom stereocenters. The molecule has 0 amide bonds. The minimum Gasteiger partial charge on any atom is -0.366 e. The summed E-state index contributed by atoms with van der Waals surface area (Å²) in [6.45, 7) is 4.24. The second-order valence-electron chi connectivity index (χ2n) is 5.20. The number of hydrogen-bond donors (Lipinski definition) is 1. The molecule has 6 heteroatoms. The summed E-state index contributed by atoms with van der Waals surface area (Å²) in [5.41, 5.74) is -0.827. The lowest BCUT2D eigenvalue weighted by Gasteiger charge is -2.29. The van der Waals surface area contributed by atoms with Crippen LogP contribution in [0.1, 0.15) is 40.0 Å². The van der Waals surface area contributed by atoms with Gasteiger partial charge in [-0.1, -0.05) is 0 Å². The highest BCUT2D eigenvalue weighted by atomic mass is 19.4. The largest absolute Gasteiger partial charge is 0.414 e. The molecule has 3 unspecified atom stereocenters. The van der Waals surface area contributed by atoms with E-state index < -0.39 is 23.9 Å². The predicted octanol–water partition coefficient (Wildman–Crippen LogP) is 2.77. The zero-order valence-corrected chi connectivity index (χ0v) is 10.8. The van der Waals surface area contributed by atoms with Crippen LogP contribution >= 0.6 is 0 Å². The fourth-order valence-electron chi connectivity index (χ4n) is 1.86. The first-order valence-corrected chi connectivity index (χ1v) is 6.07. The molecule has 0 spiro atoms. The van der Waals surface area contributed by atoms with Gasteiger partial charge in [0.1, 0.15) is 5.54 Å². The van der Waals surface area contributed by atoms with E-state index >= 15 is 0 Å². The van der Waals surface area contributed by atoms with E-state index in [-0.39, 0.29) is 6.42 Å². The van der Waals surface area contributed by atoms with Crippen LogP contribution in [0.5, 0.6) is 0 Å². The summed E-state index contributed by atoms with van der Waals surface area (Å²) in [5, 5.41) is 12.3. The lowest BCUT2D eigenvalue weighted by molar-refractivity contribution is -0.226. The van der Waals surface area contributed by atoms with Crippen molar-refractivity contribution in [1.29, 1.82) is 5.26 Å². The molecular weight excluding hydrogens is 245 g/mol. The van der Waals surface area contributed by atoms with Gasteiger partial charge in [0, 0.05) is 12.5 Å². The molecule has 0 heterocycles. The van der Waals surface area contributed by atoms with Crippen molar-refractivity contribution in [2.75, 3.05) is 0 Å². The first-order chi connectivity index (χ1) is 8.16. The quantitative estimate of drug-likeness (QED) is 0.802. The van der Waals surface area contributed by atoms with Gasteiger partial charge >= 0.3 is 6.18 Å². The van der Waals surface area contributed by atoms with Gasteiger partial charge in [-0.25, -0.2) is 0 Å². The number of ether oxygens (including phenoxy) is 1. The minimum atomic E-state index is -4.36. The molecule has 0 radical (unpaired) electrons. The van der Waals surface area contributed by atoms with Gasteiger partial charge in [0.2, 0.25) is 0 Å². The van der Waals surface area contributed by atoms with E-state index in [1.165, 1.54) is 0 Å². The fourth-order valence-corrected chi connectivity index (χ4v) is 1.86. The lowest BCUT2D eigenvalue weighted by Crippen LogP contribution is -2.46. The Kier molecular flexibility index (Phi) is 4.62. The number of nitriles is 1. The van der Waals surface area contributed by atoms with Crippen molar-refractivity contribution >= 4 is 0 Å². The molecule has 1 rings (SSSR count). The Bertz CT molecular complexity index is 322. The maximum absolute atomic E-state index is 12.3. The predicted molar refractivity (Wildman–Crippen MR) is 60.9 cm³/mol. The van der Waals surface area contributed by atoms with Crippen LogP contribution in [0.3, 0.4) is 0 Å². The van der Waals surface area contributed by atoms with Gasteiger partial charge in [-0.3, -0.25) is 5.32 Å². The molecule has 1 aliphatic rings. The molecule has 1 fully saturated rings. The summed E-state index contributed by atoms with van der Waals surface area (Å²) in [6, 6.07) is 2.44. The monoisotopic (exact) mass is 264 g/mol. The van der Waals surface area contributed by atoms with Crippen molar-refractivity contribution in [1.82, 2.24) is 5.32 Å².